The number of benzene rings is 1. The van der Waals surface area contributed by atoms with Crippen LogP contribution in [0.1, 0.15) is 24.4 Å². The Bertz CT molecular complexity index is 556. The minimum absolute atomic E-state index is 0.125. The quantitative estimate of drug-likeness (QED) is 0.607. The summed E-state index contributed by atoms with van der Waals surface area (Å²) in [6, 6.07) is 6.26. The normalized spacial score (nSPS) is 12.6. The predicted molar refractivity (Wildman–Crippen MR) is 74.7 cm³/mol. The Kier molecular flexibility index (Phi) is 5.24. The molecule has 0 saturated heterocycles. The predicted octanol–water partition coefficient (Wildman–Crippen LogP) is 2.25. The average Bonchev–Trinajstić information content (AvgIpc) is 2.92. The van der Waals surface area contributed by atoms with Gasteiger partial charge in [0.1, 0.15) is 11.6 Å². The maximum atomic E-state index is 12.1. The number of nitrogens with zero attached hydrogens (tertiary/aromatic N) is 2. The van der Waals surface area contributed by atoms with Crippen LogP contribution >= 0.6 is 0 Å². The van der Waals surface area contributed by atoms with Crippen molar-refractivity contribution >= 4 is 0 Å². The van der Waals surface area contributed by atoms with Crippen molar-refractivity contribution in [3.8, 4) is 5.75 Å². The number of imidazole rings is 1. The average molecular weight is 296 g/mol. The topological polar surface area (TPSA) is 65.1 Å². The molecule has 114 valence electrons. The number of nitrogens with two attached hydrogens (primary N) is 1. The zero-order valence-corrected chi connectivity index (χ0v) is 11.7. The van der Waals surface area contributed by atoms with Gasteiger partial charge < -0.3 is 9.30 Å². The number of aromatic nitrogens is 2. The smallest absolute Gasteiger partial charge is 0.387 e. The largest absolute Gasteiger partial charge is 0.435 e. The number of rotatable bonds is 7. The third kappa shape index (κ3) is 3.99. The highest BCUT2D eigenvalue weighted by atomic mass is 19.3. The Morgan fingerprint density at radius 3 is 2.62 bits per heavy atom. The molecule has 1 heterocycles. The fourth-order valence-corrected chi connectivity index (χ4v) is 2.16. The summed E-state index contributed by atoms with van der Waals surface area (Å²) < 4.78 is 30.6. The molecule has 1 aromatic heterocycles. The summed E-state index contributed by atoms with van der Waals surface area (Å²) in [5, 5.41) is 0. The fourth-order valence-electron chi connectivity index (χ4n) is 2.16. The van der Waals surface area contributed by atoms with Crippen molar-refractivity contribution in [3.63, 3.8) is 0 Å². The van der Waals surface area contributed by atoms with Crippen LogP contribution in [-0.2, 0) is 13.0 Å². The van der Waals surface area contributed by atoms with Gasteiger partial charge in [-0.15, -0.1) is 0 Å². The van der Waals surface area contributed by atoms with Crippen LogP contribution in [0.15, 0.2) is 36.7 Å². The van der Waals surface area contributed by atoms with Crippen LogP contribution in [0.3, 0.4) is 0 Å². The van der Waals surface area contributed by atoms with Gasteiger partial charge in [0, 0.05) is 25.4 Å². The van der Waals surface area contributed by atoms with Crippen molar-refractivity contribution in [2.24, 2.45) is 5.84 Å². The van der Waals surface area contributed by atoms with Gasteiger partial charge in [0.05, 0.1) is 6.04 Å². The molecular weight excluding hydrogens is 278 g/mol. The molecule has 0 amide bonds. The molecule has 0 aliphatic rings. The number of hydrogen-bond acceptors (Lipinski definition) is 4. The molecule has 0 saturated carbocycles. The van der Waals surface area contributed by atoms with Crippen LogP contribution in [-0.4, -0.2) is 16.2 Å². The minimum Gasteiger partial charge on any atom is -0.435 e. The van der Waals surface area contributed by atoms with Gasteiger partial charge in [0.25, 0.3) is 0 Å². The number of halogens is 2. The van der Waals surface area contributed by atoms with Gasteiger partial charge >= 0.3 is 6.61 Å². The molecule has 1 unspecified atom stereocenters. The van der Waals surface area contributed by atoms with Gasteiger partial charge in [0.15, 0.2) is 0 Å². The highest BCUT2D eigenvalue weighted by Gasteiger charge is 2.14. The third-order valence-corrected chi connectivity index (χ3v) is 3.24. The molecule has 5 nitrogen and oxygen atoms in total. The van der Waals surface area contributed by atoms with Gasteiger partial charge in [-0.3, -0.25) is 11.3 Å². The Morgan fingerprint density at radius 2 is 2.05 bits per heavy atom. The lowest BCUT2D eigenvalue weighted by atomic mass is 10.0. The highest BCUT2D eigenvalue weighted by Crippen LogP contribution is 2.21. The Balaban J connectivity index is 2.10. The first-order chi connectivity index (χ1) is 10.1. The van der Waals surface area contributed by atoms with Crippen LogP contribution in [0.25, 0.3) is 0 Å². The van der Waals surface area contributed by atoms with Gasteiger partial charge in [-0.1, -0.05) is 12.1 Å². The molecule has 1 aromatic carbocycles. The monoisotopic (exact) mass is 296 g/mol. The van der Waals surface area contributed by atoms with Gasteiger partial charge in [-0.2, -0.15) is 8.78 Å². The molecule has 0 aliphatic carbocycles. The van der Waals surface area contributed by atoms with E-state index in [1.165, 1.54) is 12.1 Å². The first kappa shape index (κ1) is 15.4. The lowest BCUT2D eigenvalue weighted by Crippen LogP contribution is -2.30. The second-order valence-corrected chi connectivity index (χ2v) is 4.50. The summed E-state index contributed by atoms with van der Waals surface area (Å²) >= 11 is 0. The summed E-state index contributed by atoms with van der Waals surface area (Å²) in [6.45, 7) is 0.0386. The number of ether oxygens (including phenoxy) is 1. The molecule has 7 heteroatoms. The molecule has 21 heavy (non-hydrogen) atoms. The molecule has 3 N–H and O–H groups in total. The summed E-state index contributed by atoms with van der Waals surface area (Å²) in [5.41, 5.74) is 3.61. The van der Waals surface area contributed by atoms with E-state index in [1.54, 1.807) is 18.3 Å². The summed E-state index contributed by atoms with van der Waals surface area (Å²) in [7, 11) is 0. The molecule has 2 rings (SSSR count). The lowest BCUT2D eigenvalue weighted by Gasteiger charge is -2.17. The van der Waals surface area contributed by atoms with Crippen molar-refractivity contribution in [1.82, 2.24) is 15.0 Å². The molecule has 0 bridgehead atoms. The van der Waals surface area contributed by atoms with E-state index in [9.17, 15) is 8.78 Å². The molecule has 0 aliphatic heterocycles. The van der Waals surface area contributed by atoms with Crippen LogP contribution in [0.5, 0.6) is 5.75 Å². The Morgan fingerprint density at radius 1 is 1.33 bits per heavy atom. The number of aryl methyl sites for hydroxylation is 1. The summed E-state index contributed by atoms with van der Waals surface area (Å²) in [6.07, 6.45) is 4.25. The molecule has 2 aromatic rings. The Hall–Kier alpha value is -1.99. The third-order valence-electron chi connectivity index (χ3n) is 3.24. The van der Waals surface area contributed by atoms with E-state index in [4.69, 9.17) is 5.84 Å². The number of hydrogen-bond donors (Lipinski definition) is 2. The van der Waals surface area contributed by atoms with Crippen molar-refractivity contribution in [3.05, 3.63) is 48.0 Å². The van der Waals surface area contributed by atoms with Gasteiger partial charge in [0.2, 0.25) is 0 Å². The molecule has 0 radical (unpaired) electrons. The van der Waals surface area contributed by atoms with Crippen LogP contribution < -0.4 is 16.0 Å². The zero-order chi connectivity index (χ0) is 15.2. The molecule has 0 fully saturated rings. The highest BCUT2D eigenvalue weighted by molar-refractivity contribution is 5.29. The van der Waals surface area contributed by atoms with Crippen molar-refractivity contribution < 1.29 is 13.5 Å². The second-order valence-electron chi connectivity index (χ2n) is 4.50. The van der Waals surface area contributed by atoms with E-state index in [0.29, 0.717) is 6.42 Å². The van der Waals surface area contributed by atoms with E-state index in [2.05, 4.69) is 15.1 Å². The van der Waals surface area contributed by atoms with Crippen molar-refractivity contribution in [2.75, 3.05) is 0 Å². The summed E-state index contributed by atoms with van der Waals surface area (Å²) in [4.78, 5) is 4.30. The van der Waals surface area contributed by atoms with E-state index in [-0.39, 0.29) is 11.8 Å². The zero-order valence-electron chi connectivity index (χ0n) is 11.7. The minimum atomic E-state index is -2.82. The van der Waals surface area contributed by atoms with E-state index < -0.39 is 6.61 Å². The van der Waals surface area contributed by atoms with Crippen LogP contribution in [0, 0.1) is 0 Å². The molecule has 0 spiro atoms. The lowest BCUT2D eigenvalue weighted by molar-refractivity contribution is -0.0498. The van der Waals surface area contributed by atoms with E-state index in [0.717, 1.165) is 17.9 Å². The van der Waals surface area contributed by atoms with Crippen LogP contribution in [0.4, 0.5) is 8.78 Å². The number of nitrogens with one attached hydrogen (secondary N) is 1. The van der Waals surface area contributed by atoms with Crippen molar-refractivity contribution in [1.29, 1.82) is 0 Å². The Labute approximate surface area is 121 Å². The van der Waals surface area contributed by atoms with Crippen LogP contribution in [0.2, 0.25) is 0 Å². The second kappa shape index (κ2) is 7.14. The summed E-state index contributed by atoms with van der Waals surface area (Å²) in [5.74, 6) is 6.63. The van der Waals surface area contributed by atoms with Gasteiger partial charge in [-0.05, 0) is 24.6 Å². The number of alkyl halides is 2. The molecular formula is C14H18F2N4O. The fraction of sp³-hybridized carbons (Fsp3) is 0.357. The first-order valence-electron chi connectivity index (χ1n) is 6.65. The number of hydrazine groups is 1. The van der Waals surface area contributed by atoms with Gasteiger partial charge in [-0.25, -0.2) is 4.98 Å². The first-order valence-corrected chi connectivity index (χ1v) is 6.65. The maximum absolute atomic E-state index is 12.1. The van der Waals surface area contributed by atoms with E-state index >= 15 is 0 Å². The van der Waals surface area contributed by atoms with Crippen molar-refractivity contribution in [2.45, 2.75) is 32.5 Å². The van der Waals surface area contributed by atoms with E-state index in [1.807, 2.05) is 17.7 Å². The maximum Gasteiger partial charge on any atom is 0.387 e. The SMILES string of the molecule is CCn1ccnc1CC(NN)c1ccc(OC(F)F)cc1. The standard InChI is InChI=1S/C14H18F2N4O/c1-2-20-8-7-18-13(20)9-12(19-17)10-3-5-11(6-4-10)21-14(15)16/h3-8,12,14,19H,2,9,17H2,1H3. The molecule has 1 atom stereocenters.